The highest BCUT2D eigenvalue weighted by Gasteiger charge is 2.23. The average molecular weight is 226 g/mol. The van der Waals surface area contributed by atoms with E-state index >= 15 is 0 Å². The number of carbonyl (C=O) groups is 1. The molecule has 2 heterocycles. The van der Waals surface area contributed by atoms with Crippen molar-refractivity contribution in [3.8, 4) is 0 Å². The van der Waals surface area contributed by atoms with Crippen molar-refractivity contribution < 1.29 is 9.18 Å². The molecule has 3 nitrogen and oxygen atoms in total. The van der Waals surface area contributed by atoms with E-state index in [1.54, 1.807) is 11.8 Å². The first kappa shape index (κ1) is 10.4. The summed E-state index contributed by atoms with van der Waals surface area (Å²) in [5, 5.41) is 2.67. The lowest BCUT2D eigenvalue weighted by atomic mass is 10.1. The molecule has 1 aliphatic rings. The number of nitrogens with zero attached hydrogens (tertiary/aromatic N) is 1. The van der Waals surface area contributed by atoms with Crippen molar-refractivity contribution in [2.24, 2.45) is 5.92 Å². The molecule has 1 saturated heterocycles. The van der Waals surface area contributed by atoms with E-state index in [9.17, 15) is 9.18 Å². The Morgan fingerprint density at radius 1 is 1.60 bits per heavy atom. The maximum atomic E-state index is 12.8. The van der Waals surface area contributed by atoms with E-state index in [0.717, 1.165) is 24.1 Å². The highest BCUT2D eigenvalue weighted by Crippen LogP contribution is 2.24. The summed E-state index contributed by atoms with van der Waals surface area (Å²) in [4.78, 5) is 15.3. The van der Waals surface area contributed by atoms with Crippen molar-refractivity contribution in [2.75, 3.05) is 16.8 Å². The van der Waals surface area contributed by atoms with Crippen LogP contribution in [0.2, 0.25) is 0 Å². The Morgan fingerprint density at radius 3 is 3.13 bits per heavy atom. The molecule has 1 aromatic rings. The second-order valence-electron chi connectivity index (χ2n) is 3.44. The molecule has 0 bridgehead atoms. The summed E-state index contributed by atoms with van der Waals surface area (Å²) in [6.07, 6.45) is 3.46. The van der Waals surface area contributed by atoms with Crippen LogP contribution in [0.3, 0.4) is 0 Å². The highest BCUT2D eigenvalue weighted by atomic mass is 32.2. The van der Waals surface area contributed by atoms with Gasteiger partial charge >= 0.3 is 0 Å². The molecular weight excluding hydrogens is 215 g/mol. The van der Waals surface area contributed by atoms with Crippen LogP contribution in [0, 0.1) is 11.7 Å². The minimum absolute atomic E-state index is 0.0348. The molecule has 1 amide bonds. The van der Waals surface area contributed by atoms with Crippen LogP contribution in [0.4, 0.5) is 10.1 Å². The summed E-state index contributed by atoms with van der Waals surface area (Å²) in [7, 11) is 0. The first-order chi connectivity index (χ1) is 7.25. The lowest BCUT2D eigenvalue weighted by Gasteiger charge is -2.09. The third kappa shape index (κ3) is 2.68. The van der Waals surface area contributed by atoms with Crippen LogP contribution in [0.15, 0.2) is 18.5 Å². The zero-order chi connectivity index (χ0) is 10.7. The van der Waals surface area contributed by atoms with Crippen LogP contribution in [-0.4, -0.2) is 22.4 Å². The van der Waals surface area contributed by atoms with Crippen LogP contribution in [0.1, 0.15) is 6.42 Å². The number of aromatic nitrogens is 1. The van der Waals surface area contributed by atoms with Crippen molar-refractivity contribution in [1.82, 2.24) is 4.98 Å². The van der Waals surface area contributed by atoms with Gasteiger partial charge in [0, 0.05) is 17.7 Å². The largest absolute Gasteiger partial charge is 0.324 e. The average Bonchev–Trinajstić information content (AvgIpc) is 2.70. The van der Waals surface area contributed by atoms with Gasteiger partial charge in [-0.1, -0.05) is 0 Å². The second-order valence-corrected chi connectivity index (χ2v) is 4.59. The standard InChI is InChI=1S/C10H11FN2OS/c11-8-3-9(5-12-4-8)13-10(14)7-1-2-15-6-7/h3-5,7H,1-2,6H2,(H,13,14)/t7-/m0/s1. The highest BCUT2D eigenvalue weighted by molar-refractivity contribution is 7.99. The van der Waals surface area contributed by atoms with E-state index in [4.69, 9.17) is 0 Å². The fourth-order valence-electron chi connectivity index (χ4n) is 1.47. The maximum absolute atomic E-state index is 12.8. The van der Waals surface area contributed by atoms with Crippen molar-refractivity contribution in [3.05, 3.63) is 24.3 Å². The molecule has 1 fully saturated rings. The summed E-state index contributed by atoms with van der Waals surface area (Å²) in [6.45, 7) is 0. The molecule has 0 spiro atoms. The van der Waals surface area contributed by atoms with Crippen molar-refractivity contribution in [1.29, 1.82) is 0 Å². The summed E-state index contributed by atoms with van der Waals surface area (Å²) in [6, 6.07) is 1.27. The Kier molecular flexibility index (Phi) is 3.20. The normalized spacial score (nSPS) is 20.2. The number of thioether (sulfide) groups is 1. The van der Waals surface area contributed by atoms with Gasteiger partial charge in [0.1, 0.15) is 5.82 Å². The van der Waals surface area contributed by atoms with Crippen molar-refractivity contribution in [2.45, 2.75) is 6.42 Å². The van der Waals surface area contributed by atoms with E-state index in [-0.39, 0.29) is 11.8 Å². The topological polar surface area (TPSA) is 42.0 Å². The van der Waals surface area contributed by atoms with Gasteiger partial charge in [-0.25, -0.2) is 4.39 Å². The lowest BCUT2D eigenvalue weighted by molar-refractivity contribution is -0.119. The van der Waals surface area contributed by atoms with Gasteiger partial charge in [0.15, 0.2) is 0 Å². The van der Waals surface area contributed by atoms with Gasteiger partial charge in [0.2, 0.25) is 5.91 Å². The molecule has 0 saturated carbocycles. The fraction of sp³-hybridized carbons (Fsp3) is 0.400. The molecule has 80 valence electrons. The molecule has 2 rings (SSSR count). The summed E-state index contributed by atoms with van der Waals surface area (Å²) >= 11 is 1.77. The molecule has 0 unspecified atom stereocenters. The third-order valence-corrected chi connectivity index (χ3v) is 3.44. The van der Waals surface area contributed by atoms with Gasteiger partial charge < -0.3 is 5.32 Å². The van der Waals surface area contributed by atoms with Crippen LogP contribution >= 0.6 is 11.8 Å². The minimum Gasteiger partial charge on any atom is -0.324 e. The number of anilines is 1. The summed E-state index contributed by atoms with van der Waals surface area (Å²) < 4.78 is 12.8. The fourth-order valence-corrected chi connectivity index (χ4v) is 2.69. The number of amides is 1. The Balaban J connectivity index is 1.99. The molecule has 0 aliphatic carbocycles. The zero-order valence-electron chi connectivity index (χ0n) is 8.07. The lowest BCUT2D eigenvalue weighted by Crippen LogP contribution is -2.22. The SMILES string of the molecule is O=C(Nc1cncc(F)c1)[C@H]1CCSC1. The molecule has 5 heteroatoms. The van der Waals surface area contributed by atoms with Gasteiger partial charge in [-0.15, -0.1) is 0 Å². The summed E-state index contributed by atoms with van der Waals surface area (Å²) in [5.74, 6) is 1.47. The van der Waals surface area contributed by atoms with E-state index in [0.29, 0.717) is 5.69 Å². The van der Waals surface area contributed by atoms with E-state index < -0.39 is 5.82 Å². The smallest absolute Gasteiger partial charge is 0.228 e. The predicted octanol–water partition coefficient (Wildman–Crippen LogP) is 1.91. The number of hydrogen-bond acceptors (Lipinski definition) is 3. The van der Waals surface area contributed by atoms with Gasteiger partial charge in [0.05, 0.1) is 18.1 Å². The van der Waals surface area contributed by atoms with Crippen LogP contribution in [0.25, 0.3) is 0 Å². The number of rotatable bonds is 2. The molecule has 1 aromatic heterocycles. The third-order valence-electron chi connectivity index (χ3n) is 2.27. The molecule has 0 aromatic carbocycles. The van der Waals surface area contributed by atoms with E-state index in [1.807, 2.05) is 0 Å². The number of carbonyl (C=O) groups excluding carboxylic acids is 1. The van der Waals surface area contributed by atoms with Crippen molar-refractivity contribution in [3.63, 3.8) is 0 Å². The Morgan fingerprint density at radius 2 is 2.47 bits per heavy atom. The monoisotopic (exact) mass is 226 g/mol. The Labute approximate surface area is 91.5 Å². The van der Waals surface area contributed by atoms with Gasteiger partial charge in [-0.3, -0.25) is 9.78 Å². The molecule has 1 aliphatic heterocycles. The zero-order valence-corrected chi connectivity index (χ0v) is 8.89. The maximum Gasteiger partial charge on any atom is 0.228 e. The molecule has 1 atom stereocenters. The molecular formula is C10H11FN2OS. The van der Waals surface area contributed by atoms with Crippen LogP contribution < -0.4 is 5.32 Å². The van der Waals surface area contributed by atoms with Gasteiger partial charge in [-0.2, -0.15) is 11.8 Å². The molecule has 0 radical (unpaired) electrons. The van der Waals surface area contributed by atoms with E-state index in [1.165, 1.54) is 12.3 Å². The number of halogens is 1. The van der Waals surface area contributed by atoms with Crippen LogP contribution in [0.5, 0.6) is 0 Å². The second kappa shape index (κ2) is 4.61. The number of pyridine rings is 1. The van der Waals surface area contributed by atoms with E-state index in [2.05, 4.69) is 10.3 Å². The molecule has 1 N–H and O–H groups in total. The first-order valence-electron chi connectivity index (χ1n) is 4.75. The van der Waals surface area contributed by atoms with Gasteiger partial charge in [0.25, 0.3) is 0 Å². The van der Waals surface area contributed by atoms with Crippen molar-refractivity contribution >= 4 is 23.4 Å². The Hall–Kier alpha value is -1.10. The minimum atomic E-state index is -0.436. The van der Waals surface area contributed by atoms with Crippen LogP contribution in [-0.2, 0) is 4.79 Å². The van der Waals surface area contributed by atoms with Gasteiger partial charge in [-0.05, 0) is 12.2 Å². The predicted molar refractivity (Wildman–Crippen MR) is 58.3 cm³/mol. The molecule has 15 heavy (non-hydrogen) atoms. The summed E-state index contributed by atoms with van der Waals surface area (Å²) in [5.41, 5.74) is 0.428. The number of hydrogen-bond donors (Lipinski definition) is 1. The Bertz CT molecular complexity index is 366. The number of nitrogens with one attached hydrogen (secondary N) is 1. The first-order valence-corrected chi connectivity index (χ1v) is 5.90. The quantitative estimate of drug-likeness (QED) is 0.837.